The van der Waals surface area contributed by atoms with Crippen LogP contribution >= 0.6 is 15.9 Å². The normalized spacial score (nSPS) is 17.7. The van der Waals surface area contributed by atoms with Crippen LogP contribution in [0.15, 0.2) is 22.7 Å². The number of hydrogen-bond acceptors (Lipinski definition) is 2. The van der Waals surface area contributed by atoms with Gasteiger partial charge in [-0.15, -0.1) is 0 Å². The summed E-state index contributed by atoms with van der Waals surface area (Å²) in [6, 6.07) is 5.50. The minimum Gasteiger partial charge on any atom is -0.377 e. The maximum absolute atomic E-state index is 14.1. The molecule has 2 rings (SSSR count). The predicted octanol–water partition coefficient (Wildman–Crippen LogP) is 4.31. The maximum atomic E-state index is 14.1. The molecule has 0 amide bonds. The lowest BCUT2D eigenvalue weighted by molar-refractivity contribution is 0.0190. The molecule has 1 aliphatic rings. The van der Waals surface area contributed by atoms with Crippen molar-refractivity contribution in [2.24, 2.45) is 5.92 Å². The molecular formula is C17H25BrFNO. The molecule has 0 aliphatic heterocycles. The van der Waals surface area contributed by atoms with Gasteiger partial charge in [0.25, 0.3) is 0 Å². The Morgan fingerprint density at radius 1 is 1.38 bits per heavy atom. The first-order chi connectivity index (χ1) is 10.2. The highest BCUT2D eigenvalue weighted by molar-refractivity contribution is 9.10. The molecule has 0 radical (unpaired) electrons. The smallest absolute Gasteiger partial charge is 0.127 e. The molecule has 21 heavy (non-hydrogen) atoms. The number of halogens is 2. The third kappa shape index (κ3) is 5.04. The summed E-state index contributed by atoms with van der Waals surface area (Å²) in [4.78, 5) is 0. The highest BCUT2D eigenvalue weighted by Crippen LogP contribution is 2.36. The number of ether oxygens (including phenoxy) is 1. The molecule has 2 nitrogen and oxygen atoms in total. The SMILES string of the molecule is CCCNC(Cc1ccc(Br)cc1F)C(OCC)C1CC1. The van der Waals surface area contributed by atoms with Crippen molar-refractivity contribution in [1.82, 2.24) is 5.32 Å². The van der Waals surface area contributed by atoms with Crippen molar-refractivity contribution in [2.75, 3.05) is 13.2 Å². The van der Waals surface area contributed by atoms with Crippen molar-refractivity contribution in [3.05, 3.63) is 34.1 Å². The van der Waals surface area contributed by atoms with Crippen LogP contribution in [0.5, 0.6) is 0 Å². The summed E-state index contributed by atoms with van der Waals surface area (Å²) in [7, 11) is 0. The minimum atomic E-state index is -0.140. The Bertz CT molecular complexity index is 450. The Balaban J connectivity index is 2.10. The van der Waals surface area contributed by atoms with Gasteiger partial charge in [0.2, 0.25) is 0 Å². The van der Waals surface area contributed by atoms with Gasteiger partial charge in [-0.05, 0) is 62.8 Å². The van der Waals surface area contributed by atoms with Crippen LogP contribution in [0.25, 0.3) is 0 Å². The van der Waals surface area contributed by atoms with Crippen LogP contribution in [0.3, 0.4) is 0 Å². The van der Waals surface area contributed by atoms with Gasteiger partial charge >= 0.3 is 0 Å². The van der Waals surface area contributed by atoms with Crippen LogP contribution in [0.4, 0.5) is 4.39 Å². The summed E-state index contributed by atoms with van der Waals surface area (Å²) in [5, 5.41) is 3.56. The van der Waals surface area contributed by atoms with Crippen LogP contribution in [-0.2, 0) is 11.2 Å². The lowest BCUT2D eigenvalue weighted by Crippen LogP contribution is -2.44. The first-order valence-electron chi connectivity index (χ1n) is 7.94. The Morgan fingerprint density at radius 2 is 2.14 bits per heavy atom. The van der Waals surface area contributed by atoms with E-state index in [0.717, 1.165) is 23.0 Å². The summed E-state index contributed by atoms with van der Waals surface area (Å²) in [5.41, 5.74) is 0.761. The Labute approximate surface area is 135 Å². The molecule has 0 saturated heterocycles. The van der Waals surface area contributed by atoms with Crippen LogP contribution in [0.1, 0.15) is 38.7 Å². The fourth-order valence-electron chi connectivity index (χ4n) is 2.76. The highest BCUT2D eigenvalue weighted by Gasteiger charge is 2.37. The second-order valence-corrected chi connectivity index (χ2v) is 6.67. The molecule has 1 aromatic rings. The van der Waals surface area contributed by atoms with E-state index < -0.39 is 0 Å². The standard InChI is InChI=1S/C17H25BrFNO/c1-3-9-20-16(17(21-4-2)12-5-6-12)10-13-7-8-14(18)11-15(13)19/h7-8,11-12,16-17,20H,3-6,9-10H2,1-2H3. The zero-order chi connectivity index (χ0) is 15.2. The molecule has 1 aromatic carbocycles. The van der Waals surface area contributed by atoms with Crippen LogP contribution in [-0.4, -0.2) is 25.3 Å². The molecule has 0 spiro atoms. The second kappa shape index (κ2) is 8.25. The van der Waals surface area contributed by atoms with E-state index in [1.165, 1.54) is 12.8 Å². The van der Waals surface area contributed by atoms with Gasteiger partial charge in [0.1, 0.15) is 5.82 Å². The lowest BCUT2D eigenvalue weighted by atomic mass is 9.97. The lowest BCUT2D eigenvalue weighted by Gasteiger charge is -2.28. The summed E-state index contributed by atoms with van der Waals surface area (Å²) < 4.78 is 20.8. The zero-order valence-electron chi connectivity index (χ0n) is 12.9. The van der Waals surface area contributed by atoms with Gasteiger partial charge in [0.05, 0.1) is 6.10 Å². The van der Waals surface area contributed by atoms with Crippen molar-refractivity contribution in [3.8, 4) is 0 Å². The molecule has 2 unspecified atom stereocenters. The third-order valence-corrected chi connectivity index (χ3v) is 4.45. The maximum Gasteiger partial charge on any atom is 0.127 e. The van der Waals surface area contributed by atoms with Gasteiger partial charge in [-0.3, -0.25) is 0 Å². The predicted molar refractivity (Wildman–Crippen MR) is 88.0 cm³/mol. The van der Waals surface area contributed by atoms with Gasteiger partial charge in [-0.2, -0.15) is 0 Å². The monoisotopic (exact) mass is 357 g/mol. The summed E-state index contributed by atoms with van der Waals surface area (Å²) in [6.45, 7) is 5.84. The third-order valence-electron chi connectivity index (χ3n) is 3.95. The number of benzene rings is 1. The van der Waals surface area contributed by atoms with Gasteiger partial charge in [0, 0.05) is 17.1 Å². The Kier molecular flexibility index (Phi) is 6.65. The van der Waals surface area contributed by atoms with Crippen molar-refractivity contribution in [2.45, 2.75) is 51.7 Å². The van der Waals surface area contributed by atoms with Crippen LogP contribution < -0.4 is 5.32 Å². The quantitative estimate of drug-likeness (QED) is 0.710. The number of rotatable bonds is 9. The molecule has 0 heterocycles. The molecule has 118 valence electrons. The molecule has 1 N–H and O–H groups in total. The number of hydrogen-bond donors (Lipinski definition) is 1. The van der Waals surface area contributed by atoms with Crippen molar-refractivity contribution < 1.29 is 9.13 Å². The van der Waals surface area contributed by atoms with Crippen molar-refractivity contribution in [1.29, 1.82) is 0 Å². The fourth-order valence-corrected chi connectivity index (χ4v) is 3.09. The van der Waals surface area contributed by atoms with E-state index in [9.17, 15) is 4.39 Å². The van der Waals surface area contributed by atoms with Gasteiger partial charge < -0.3 is 10.1 Å². The van der Waals surface area contributed by atoms with Crippen molar-refractivity contribution in [3.63, 3.8) is 0 Å². The fraction of sp³-hybridized carbons (Fsp3) is 0.647. The average molecular weight is 358 g/mol. The van der Waals surface area contributed by atoms with Crippen LogP contribution in [0, 0.1) is 11.7 Å². The largest absolute Gasteiger partial charge is 0.377 e. The van der Waals surface area contributed by atoms with E-state index in [0.29, 0.717) is 18.9 Å². The highest BCUT2D eigenvalue weighted by atomic mass is 79.9. The van der Waals surface area contributed by atoms with Crippen molar-refractivity contribution >= 4 is 15.9 Å². The second-order valence-electron chi connectivity index (χ2n) is 5.76. The number of nitrogens with one attached hydrogen (secondary N) is 1. The van der Waals surface area contributed by atoms with E-state index in [2.05, 4.69) is 28.2 Å². The molecule has 1 aliphatic carbocycles. The Morgan fingerprint density at radius 3 is 2.71 bits per heavy atom. The van der Waals surface area contributed by atoms with E-state index >= 15 is 0 Å². The molecule has 1 fully saturated rings. The van der Waals surface area contributed by atoms with Gasteiger partial charge in [0.15, 0.2) is 0 Å². The molecule has 0 aromatic heterocycles. The van der Waals surface area contributed by atoms with E-state index in [1.807, 2.05) is 19.1 Å². The zero-order valence-corrected chi connectivity index (χ0v) is 14.5. The molecule has 0 bridgehead atoms. The first kappa shape index (κ1) is 16.9. The van der Waals surface area contributed by atoms with E-state index in [1.54, 1.807) is 6.07 Å². The molecule has 2 atom stereocenters. The summed E-state index contributed by atoms with van der Waals surface area (Å²) in [6.07, 6.45) is 4.42. The summed E-state index contributed by atoms with van der Waals surface area (Å²) in [5.74, 6) is 0.497. The average Bonchev–Trinajstić information content (AvgIpc) is 3.28. The van der Waals surface area contributed by atoms with Crippen LogP contribution in [0.2, 0.25) is 0 Å². The molecule has 4 heteroatoms. The van der Waals surface area contributed by atoms with E-state index in [-0.39, 0.29) is 18.0 Å². The van der Waals surface area contributed by atoms with Gasteiger partial charge in [-0.1, -0.05) is 28.9 Å². The first-order valence-corrected chi connectivity index (χ1v) is 8.73. The van der Waals surface area contributed by atoms with Gasteiger partial charge in [-0.25, -0.2) is 4.39 Å². The Hall–Kier alpha value is -0.450. The topological polar surface area (TPSA) is 21.3 Å². The van der Waals surface area contributed by atoms with E-state index in [4.69, 9.17) is 4.74 Å². The summed E-state index contributed by atoms with van der Waals surface area (Å²) >= 11 is 3.31. The minimum absolute atomic E-state index is 0.140. The molecular weight excluding hydrogens is 333 g/mol. The molecule has 1 saturated carbocycles.